The minimum atomic E-state index is -4.16. The largest absolute Gasteiger partial charge is 0.352 e. The Bertz CT molecular complexity index is 1720. The molecule has 2 amide bonds. The molecule has 0 bridgehead atoms. The minimum Gasteiger partial charge on any atom is -0.352 e. The summed E-state index contributed by atoms with van der Waals surface area (Å²) in [6.45, 7) is 9.01. The number of aryl methyl sites for hydroxylation is 3. The van der Waals surface area contributed by atoms with Crippen molar-refractivity contribution in [1.29, 1.82) is 0 Å². The monoisotopic (exact) mass is 689 g/mol. The van der Waals surface area contributed by atoms with E-state index in [0.29, 0.717) is 5.69 Å². The number of benzene rings is 4. The highest BCUT2D eigenvalue weighted by molar-refractivity contribution is 9.10. The third-order valence-electron chi connectivity index (χ3n) is 7.33. The summed E-state index contributed by atoms with van der Waals surface area (Å²) < 4.78 is 30.5. The van der Waals surface area contributed by atoms with Gasteiger partial charge in [-0.05, 0) is 93.3 Å². The highest BCUT2D eigenvalue weighted by atomic mass is 79.9. The van der Waals surface area contributed by atoms with Crippen LogP contribution in [-0.2, 0) is 32.6 Å². The molecule has 1 N–H and O–H groups in total. The molecule has 9 heteroatoms. The fraction of sp³-hybridized carbons (Fsp3) is 0.278. The number of halogens is 1. The Morgan fingerprint density at radius 3 is 2.00 bits per heavy atom. The molecule has 236 valence electrons. The third-order valence-corrected chi connectivity index (χ3v) is 9.61. The molecular weight excluding hydrogens is 650 g/mol. The zero-order chi connectivity index (χ0) is 32.7. The number of rotatable bonds is 12. The van der Waals surface area contributed by atoms with Gasteiger partial charge in [0.15, 0.2) is 0 Å². The number of nitrogens with zero attached hydrogens (tertiary/aromatic N) is 2. The molecule has 0 spiro atoms. The molecule has 0 aliphatic heterocycles. The number of carbonyl (C=O) groups is 2. The van der Waals surface area contributed by atoms with Crippen molar-refractivity contribution in [2.75, 3.05) is 10.8 Å². The SMILES string of the molecule is Cc1ccc(S(=O)(=O)N(CC(=O)N(Cc2cccc(Br)c2)[C@@H](Cc2ccccc2)C(=O)NC(C)C)c2cc(C)cc(C)c2)cc1. The van der Waals surface area contributed by atoms with Gasteiger partial charge in [0.05, 0.1) is 10.6 Å². The smallest absolute Gasteiger partial charge is 0.264 e. The Labute approximate surface area is 275 Å². The van der Waals surface area contributed by atoms with Crippen LogP contribution in [0.4, 0.5) is 5.69 Å². The van der Waals surface area contributed by atoms with E-state index in [1.807, 2.05) is 95.3 Å². The first kappa shape index (κ1) is 33.9. The van der Waals surface area contributed by atoms with E-state index < -0.39 is 28.5 Å². The molecule has 0 aromatic heterocycles. The lowest BCUT2D eigenvalue weighted by Gasteiger charge is -2.34. The van der Waals surface area contributed by atoms with Crippen molar-refractivity contribution in [2.24, 2.45) is 0 Å². The number of sulfonamides is 1. The van der Waals surface area contributed by atoms with Gasteiger partial charge in [-0.1, -0.05) is 82.2 Å². The topological polar surface area (TPSA) is 86.8 Å². The molecule has 45 heavy (non-hydrogen) atoms. The van der Waals surface area contributed by atoms with Crippen molar-refractivity contribution < 1.29 is 18.0 Å². The van der Waals surface area contributed by atoms with Gasteiger partial charge in [-0.2, -0.15) is 0 Å². The summed E-state index contributed by atoms with van der Waals surface area (Å²) in [7, 11) is -4.16. The van der Waals surface area contributed by atoms with Crippen molar-refractivity contribution in [1.82, 2.24) is 10.2 Å². The second kappa shape index (κ2) is 14.9. The summed E-state index contributed by atoms with van der Waals surface area (Å²) >= 11 is 3.51. The number of hydrogen-bond acceptors (Lipinski definition) is 4. The van der Waals surface area contributed by atoms with Crippen molar-refractivity contribution in [2.45, 2.75) is 64.6 Å². The maximum Gasteiger partial charge on any atom is 0.264 e. The van der Waals surface area contributed by atoms with Gasteiger partial charge in [-0.3, -0.25) is 13.9 Å². The predicted molar refractivity (Wildman–Crippen MR) is 184 cm³/mol. The van der Waals surface area contributed by atoms with Gasteiger partial charge in [-0.25, -0.2) is 8.42 Å². The molecule has 0 aliphatic carbocycles. The summed E-state index contributed by atoms with van der Waals surface area (Å²) in [5.74, 6) is -0.804. The van der Waals surface area contributed by atoms with Crippen LogP contribution in [0.25, 0.3) is 0 Å². The maximum absolute atomic E-state index is 14.6. The molecule has 0 radical (unpaired) electrons. The Morgan fingerprint density at radius 2 is 1.40 bits per heavy atom. The fourth-order valence-corrected chi connectivity index (χ4v) is 7.07. The van der Waals surface area contributed by atoms with Crippen molar-refractivity contribution in [3.05, 3.63) is 129 Å². The van der Waals surface area contributed by atoms with E-state index >= 15 is 0 Å². The molecular formula is C36H40BrN3O4S. The predicted octanol–water partition coefficient (Wildman–Crippen LogP) is 6.73. The van der Waals surface area contributed by atoms with Gasteiger partial charge in [-0.15, -0.1) is 0 Å². The van der Waals surface area contributed by atoms with E-state index in [0.717, 1.165) is 36.6 Å². The molecule has 4 aromatic carbocycles. The first-order valence-electron chi connectivity index (χ1n) is 14.9. The van der Waals surface area contributed by atoms with E-state index in [2.05, 4.69) is 21.2 Å². The van der Waals surface area contributed by atoms with Crippen LogP contribution in [0.3, 0.4) is 0 Å². The van der Waals surface area contributed by atoms with Crippen LogP contribution in [0.15, 0.2) is 106 Å². The van der Waals surface area contributed by atoms with Crippen LogP contribution >= 0.6 is 15.9 Å². The number of carbonyl (C=O) groups excluding carboxylic acids is 2. The van der Waals surface area contributed by atoms with Gasteiger partial charge >= 0.3 is 0 Å². The van der Waals surface area contributed by atoms with Crippen LogP contribution in [0, 0.1) is 20.8 Å². The normalized spacial score (nSPS) is 12.1. The number of amides is 2. The minimum absolute atomic E-state index is 0.0805. The molecule has 0 saturated carbocycles. The lowest BCUT2D eigenvalue weighted by atomic mass is 10.0. The summed E-state index contributed by atoms with van der Waals surface area (Å²) in [5, 5.41) is 2.98. The Hall–Kier alpha value is -3.95. The quantitative estimate of drug-likeness (QED) is 0.179. The molecule has 7 nitrogen and oxygen atoms in total. The van der Waals surface area contributed by atoms with E-state index in [9.17, 15) is 18.0 Å². The van der Waals surface area contributed by atoms with Gasteiger partial charge in [0.2, 0.25) is 11.8 Å². The summed E-state index contributed by atoms with van der Waals surface area (Å²) in [5.41, 5.74) is 4.72. The van der Waals surface area contributed by atoms with Crippen molar-refractivity contribution in [3.63, 3.8) is 0 Å². The van der Waals surface area contributed by atoms with Crippen molar-refractivity contribution >= 4 is 43.5 Å². The van der Waals surface area contributed by atoms with Gasteiger partial charge in [0.1, 0.15) is 12.6 Å². The van der Waals surface area contributed by atoms with E-state index in [1.54, 1.807) is 36.4 Å². The number of anilines is 1. The molecule has 0 heterocycles. The van der Waals surface area contributed by atoms with E-state index in [4.69, 9.17) is 0 Å². The van der Waals surface area contributed by atoms with Crippen molar-refractivity contribution in [3.8, 4) is 0 Å². The number of nitrogens with one attached hydrogen (secondary N) is 1. The van der Waals surface area contributed by atoms with Gasteiger partial charge in [0.25, 0.3) is 10.0 Å². The average molecular weight is 691 g/mol. The van der Waals surface area contributed by atoms with Crippen LogP contribution in [0.5, 0.6) is 0 Å². The second-order valence-corrected chi connectivity index (χ2v) is 14.5. The highest BCUT2D eigenvalue weighted by Gasteiger charge is 2.35. The summed E-state index contributed by atoms with van der Waals surface area (Å²) in [6, 6.07) is 28.0. The van der Waals surface area contributed by atoms with E-state index in [-0.39, 0.29) is 29.8 Å². The Kier molecular flexibility index (Phi) is 11.2. The van der Waals surface area contributed by atoms with Gasteiger partial charge < -0.3 is 10.2 Å². The lowest BCUT2D eigenvalue weighted by Crippen LogP contribution is -2.54. The van der Waals surface area contributed by atoms with Crippen LogP contribution < -0.4 is 9.62 Å². The van der Waals surface area contributed by atoms with Crippen LogP contribution in [-0.4, -0.2) is 43.8 Å². The zero-order valence-electron chi connectivity index (χ0n) is 26.3. The maximum atomic E-state index is 14.6. The highest BCUT2D eigenvalue weighted by Crippen LogP contribution is 2.27. The standard InChI is InChI=1S/C36H40BrN3O4S/c1-25(2)38-36(42)34(22-29-10-7-6-8-11-29)39(23-30-12-9-13-31(37)21-30)35(41)24-40(32-19-27(4)18-28(5)20-32)45(43,44)33-16-14-26(3)15-17-33/h6-21,25,34H,22-24H2,1-5H3,(H,38,42)/t34-/m0/s1. The molecule has 4 aromatic rings. The Balaban J connectivity index is 1.83. The first-order chi connectivity index (χ1) is 21.3. The first-order valence-corrected chi connectivity index (χ1v) is 17.1. The molecule has 4 rings (SSSR count). The fourth-order valence-electron chi connectivity index (χ4n) is 5.23. The second-order valence-electron chi connectivity index (χ2n) is 11.7. The number of hydrogen-bond donors (Lipinski definition) is 1. The van der Waals surface area contributed by atoms with Gasteiger partial charge in [0, 0.05) is 23.5 Å². The molecule has 0 aliphatic rings. The molecule has 1 atom stereocenters. The Morgan fingerprint density at radius 1 is 0.778 bits per heavy atom. The molecule has 0 saturated heterocycles. The van der Waals surface area contributed by atoms with E-state index in [1.165, 1.54) is 4.90 Å². The molecule has 0 unspecified atom stereocenters. The average Bonchev–Trinajstić information content (AvgIpc) is 2.97. The molecule has 0 fully saturated rings. The lowest BCUT2D eigenvalue weighted by molar-refractivity contribution is -0.140. The summed E-state index contributed by atoms with van der Waals surface area (Å²) in [6.07, 6.45) is 0.257. The zero-order valence-corrected chi connectivity index (χ0v) is 28.7. The summed E-state index contributed by atoms with van der Waals surface area (Å²) in [4.78, 5) is 30.0. The van der Waals surface area contributed by atoms with Crippen LogP contribution in [0.1, 0.15) is 41.7 Å². The third kappa shape index (κ3) is 9.05. The van der Waals surface area contributed by atoms with Crippen LogP contribution in [0.2, 0.25) is 0 Å².